The summed E-state index contributed by atoms with van der Waals surface area (Å²) in [6.07, 6.45) is 0.941. The lowest BCUT2D eigenvalue weighted by Gasteiger charge is -2.21. The van der Waals surface area contributed by atoms with E-state index in [9.17, 15) is 26.4 Å². The molecule has 0 fully saturated rings. The molecule has 1 atom stereocenters. The van der Waals surface area contributed by atoms with Crippen LogP contribution in [0, 0.1) is 0 Å². The summed E-state index contributed by atoms with van der Waals surface area (Å²) >= 11 is 0. The van der Waals surface area contributed by atoms with Crippen molar-refractivity contribution < 1.29 is 30.6 Å². The fourth-order valence-corrected chi connectivity index (χ4v) is 2.52. The van der Waals surface area contributed by atoms with Gasteiger partial charge in [0.25, 0.3) is 0 Å². The van der Waals surface area contributed by atoms with E-state index in [1.807, 2.05) is 20.8 Å². The second-order valence-corrected chi connectivity index (χ2v) is 6.13. The minimum absolute atomic E-state index is 0.0418. The highest BCUT2D eigenvalue weighted by Crippen LogP contribution is 2.35. The van der Waals surface area contributed by atoms with Gasteiger partial charge in [-0.2, -0.15) is 21.6 Å². The summed E-state index contributed by atoms with van der Waals surface area (Å²) in [7, 11) is -5.69. The Labute approximate surface area is 127 Å². The van der Waals surface area contributed by atoms with Crippen LogP contribution in [-0.4, -0.2) is 19.7 Å². The van der Waals surface area contributed by atoms with Crippen LogP contribution < -0.4 is 4.18 Å². The Bertz CT molecular complexity index is 651. The van der Waals surface area contributed by atoms with E-state index >= 15 is 0 Å². The number of hydrogen-bond acceptors (Lipinski definition) is 4. The lowest BCUT2D eigenvalue weighted by atomic mass is 9.83. The smallest absolute Gasteiger partial charge is 0.376 e. The average Bonchev–Trinajstić information content (AvgIpc) is 2.44. The van der Waals surface area contributed by atoms with Gasteiger partial charge in [-0.25, -0.2) is 0 Å². The molecule has 1 aromatic rings. The normalized spacial score (nSPS) is 18.1. The van der Waals surface area contributed by atoms with E-state index in [0.29, 0.717) is 24.0 Å². The second-order valence-electron chi connectivity index (χ2n) is 4.60. The van der Waals surface area contributed by atoms with Gasteiger partial charge < -0.3 is 4.18 Å². The molecular weight excluding hydrogens is 321 g/mol. The molecule has 2 rings (SSSR count). The van der Waals surface area contributed by atoms with Crippen molar-refractivity contribution in [3.63, 3.8) is 0 Å². The Morgan fingerprint density at radius 3 is 2.36 bits per heavy atom. The average molecular weight is 338 g/mol. The third-order valence-electron chi connectivity index (χ3n) is 3.15. The number of halogens is 3. The molecule has 0 aromatic heterocycles. The van der Waals surface area contributed by atoms with Crippen LogP contribution in [0.15, 0.2) is 18.2 Å². The number of rotatable bonds is 2. The fraction of sp³-hybridized carbons (Fsp3) is 0.500. The Kier molecular flexibility index (Phi) is 5.61. The van der Waals surface area contributed by atoms with Gasteiger partial charge in [-0.15, -0.1) is 0 Å². The largest absolute Gasteiger partial charge is 0.534 e. The molecule has 0 bridgehead atoms. The standard InChI is InChI=1S/C12H11F3O4S.C2H6/c1-7-2-5-11(16)9-4-3-8(6-10(7)9)19-20(17,18)12(13,14)15;1-2/h3-4,6-7H,2,5H2,1H3;1-2H3. The first kappa shape index (κ1) is 18.5. The number of alkyl halides is 3. The van der Waals surface area contributed by atoms with E-state index in [1.54, 1.807) is 0 Å². The molecular formula is C14H17F3O4S. The molecule has 1 aliphatic rings. The molecule has 0 radical (unpaired) electrons. The van der Waals surface area contributed by atoms with Gasteiger partial charge in [0.15, 0.2) is 5.78 Å². The van der Waals surface area contributed by atoms with Gasteiger partial charge in [0, 0.05) is 12.0 Å². The van der Waals surface area contributed by atoms with Gasteiger partial charge in [0.05, 0.1) is 0 Å². The highest BCUT2D eigenvalue weighted by molar-refractivity contribution is 7.88. The van der Waals surface area contributed by atoms with Crippen molar-refractivity contribution in [3.8, 4) is 5.75 Å². The summed E-state index contributed by atoms with van der Waals surface area (Å²) in [6, 6.07) is 3.53. The van der Waals surface area contributed by atoms with Crippen LogP contribution in [0.3, 0.4) is 0 Å². The van der Waals surface area contributed by atoms with Gasteiger partial charge in [0.1, 0.15) is 5.75 Å². The maximum atomic E-state index is 12.2. The van der Waals surface area contributed by atoms with Gasteiger partial charge in [-0.3, -0.25) is 4.79 Å². The molecule has 124 valence electrons. The van der Waals surface area contributed by atoms with Crippen molar-refractivity contribution in [1.82, 2.24) is 0 Å². The lowest BCUT2D eigenvalue weighted by Crippen LogP contribution is -2.28. The van der Waals surface area contributed by atoms with Crippen molar-refractivity contribution in [2.75, 3.05) is 0 Å². The highest BCUT2D eigenvalue weighted by atomic mass is 32.2. The first-order chi connectivity index (χ1) is 10.1. The number of fused-ring (bicyclic) bond motifs is 1. The first-order valence-electron chi connectivity index (χ1n) is 6.80. The molecule has 1 aromatic carbocycles. The Morgan fingerprint density at radius 2 is 1.82 bits per heavy atom. The second kappa shape index (κ2) is 6.68. The van der Waals surface area contributed by atoms with E-state index in [0.717, 1.165) is 6.07 Å². The molecule has 0 heterocycles. The van der Waals surface area contributed by atoms with Crippen molar-refractivity contribution in [1.29, 1.82) is 0 Å². The van der Waals surface area contributed by atoms with Gasteiger partial charge in [-0.1, -0.05) is 20.8 Å². The zero-order valence-electron chi connectivity index (χ0n) is 12.4. The van der Waals surface area contributed by atoms with Crippen LogP contribution >= 0.6 is 0 Å². The van der Waals surface area contributed by atoms with Crippen molar-refractivity contribution in [3.05, 3.63) is 29.3 Å². The molecule has 0 saturated heterocycles. The van der Waals surface area contributed by atoms with E-state index < -0.39 is 21.4 Å². The van der Waals surface area contributed by atoms with Crippen LogP contribution in [0.5, 0.6) is 5.75 Å². The zero-order valence-corrected chi connectivity index (χ0v) is 13.2. The van der Waals surface area contributed by atoms with Crippen LogP contribution in [0.25, 0.3) is 0 Å². The van der Waals surface area contributed by atoms with Crippen LogP contribution in [0.1, 0.15) is 55.5 Å². The molecule has 0 N–H and O–H groups in total. The Morgan fingerprint density at radius 1 is 1.23 bits per heavy atom. The maximum Gasteiger partial charge on any atom is 0.534 e. The summed E-state index contributed by atoms with van der Waals surface area (Å²) in [5, 5.41) is 0. The Balaban J connectivity index is 0.00000116. The van der Waals surface area contributed by atoms with Crippen molar-refractivity contribution >= 4 is 15.9 Å². The molecule has 0 amide bonds. The summed E-state index contributed by atoms with van der Waals surface area (Å²) in [5.74, 6) is -0.592. The van der Waals surface area contributed by atoms with Gasteiger partial charge in [0.2, 0.25) is 0 Å². The molecule has 22 heavy (non-hydrogen) atoms. The minimum Gasteiger partial charge on any atom is -0.376 e. The monoisotopic (exact) mass is 338 g/mol. The van der Waals surface area contributed by atoms with Crippen LogP contribution in [0.2, 0.25) is 0 Å². The van der Waals surface area contributed by atoms with Crippen molar-refractivity contribution in [2.45, 2.75) is 45.0 Å². The third-order valence-corrected chi connectivity index (χ3v) is 4.13. The summed E-state index contributed by atoms with van der Waals surface area (Å²) in [6.45, 7) is 5.81. The Hall–Kier alpha value is -1.57. The number of benzene rings is 1. The summed E-state index contributed by atoms with van der Waals surface area (Å²) < 4.78 is 62.6. The number of carbonyl (C=O) groups is 1. The van der Waals surface area contributed by atoms with Gasteiger partial charge >= 0.3 is 15.6 Å². The summed E-state index contributed by atoms with van der Waals surface area (Å²) in [5.41, 5.74) is -4.57. The van der Waals surface area contributed by atoms with E-state index in [2.05, 4.69) is 4.18 Å². The molecule has 1 aliphatic carbocycles. The predicted molar refractivity (Wildman–Crippen MR) is 75.4 cm³/mol. The first-order valence-corrected chi connectivity index (χ1v) is 8.20. The summed E-state index contributed by atoms with van der Waals surface area (Å²) in [4.78, 5) is 11.6. The molecule has 1 unspecified atom stereocenters. The third kappa shape index (κ3) is 3.79. The van der Waals surface area contributed by atoms with Crippen molar-refractivity contribution in [2.24, 2.45) is 0 Å². The van der Waals surface area contributed by atoms with Crippen LogP contribution in [-0.2, 0) is 10.1 Å². The number of Topliss-reactive ketones (excluding diaryl/α,β-unsaturated/α-hetero) is 1. The maximum absolute atomic E-state index is 12.2. The SMILES string of the molecule is CC.CC1CCC(=O)c2ccc(OS(=O)(=O)C(F)(F)F)cc21. The molecule has 0 aliphatic heterocycles. The lowest BCUT2D eigenvalue weighted by molar-refractivity contribution is -0.0500. The number of hydrogen-bond donors (Lipinski definition) is 0. The number of carbonyl (C=O) groups excluding carboxylic acids is 1. The number of ketones is 1. The predicted octanol–water partition coefficient (Wildman–Crippen LogP) is 4.02. The van der Waals surface area contributed by atoms with E-state index in [4.69, 9.17) is 0 Å². The van der Waals surface area contributed by atoms with E-state index in [-0.39, 0.29) is 11.7 Å². The fourth-order valence-electron chi connectivity index (χ4n) is 2.07. The quantitative estimate of drug-likeness (QED) is 0.603. The zero-order chi connectivity index (χ0) is 17.1. The molecule has 0 saturated carbocycles. The molecule has 4 nitrogen and oxygen atoms in total. The minimum atomic E-state index is -5.69. The highest BCUT2D eigenvalue weighted by Gasteiger charge is 2.48. The molecule has 8 heteroatoms. The van der Waals surface area contributed by atoms with Crippen LogP contribution in [0.4, 0.5) is 13.2 Å². The molecule has 0 spiro atoms. The van der Waals surface area contributed by atoms with Gasteiger partial charge in [-0.05, 0) is 36.1 Å². The topological polar surface area (TPSA) is 60.4 Å². The van der Waals surface area contributed by atoms with E-state index in [1.165, 1.54) is 12.1 Å².